The molecule has 2 heterocycles. The molecular weight excluding hydrogens is 351 g/mol. The summed E-state index contributed by atoms with van der Waals surface area (Å²) in [7, 11) is 0. The van der Waals surface area contributed by atoms with Crippen LogP contribution in [0.15, 0.2) is 36.0 Å². The Labute approximate surface area is 137 Å². The molecule has 0 aliphatic heterocycles. The Balaban J connectivity index is 1.78. The summed E-state index contributed by atoms with van der Waals surface area (Å²) in [6.07, 6.45) is -1.27. The SMILES string of the molecule is O=C(Cc1cn2ccsc2n1)Nc1ccc(Cl)cc1C(F)(F)F. The number of hydrogen-bond donors (Lipinski definition) is 1. The van der Waals surface area contributed by atoms with Crippen LogP contribution >= 0.6 is 22.9 Å². The molecule has 0 aliphatic carbocycles. The molecule has 0 saturated heterocycles. The fraction of sp³-hybridized carbons (Fsp3) is 0.143. The highest BCUT2D eigenvalue weighted by Crippen LogP contribution is 2.36. The van der Waals surface area contributed by atoms with E-state index in [1.54, 1.807) is 16.8 Å². The number of halogens is 4. The molecular formula is C14H9ClF3N3OS. The maximum Gasteiger partial charge on any atom is 0.418 e. The lowest BCUT2D eigenvalue weighted by molar-refractivity contribution is -0.137. The number of fused-ring (bicyclic) bond motifs is 1. The van der Waals surface area contributed by atoms with Crippen molar-refractivity contribution in [3.05, 3.63) is 52.3 Å². The van der Waals surface area contributed by atoms with E-state index in [1.165, 1.54) is 17.4 Å². The molecule has 0 saturated carbocycles. The second-order valence-electron chi connectivity index (χ2n) is 4.74. The van der Waals surface area contributed by atoms with Gasteiger partial charge >= 0.3 is 6.18 Å². The number of imidazole rings is 1. The number of amides is 1. The number of thiazole rings is 1. The maximum atomic E-state index is 13.0. The molecule has 23 heavy (non-hydrogen) atoms. The fourth-order valence-corrected chi connectivity index (χ4v) is 2.97. The zero-order valence-corrected chi connectivity index (χ0v) is 13.0. The molecule has 1 aromatic carbocycles. The van der Waals surface area contributed by atoms with Crippen LogP contribution in [0.25, 0.3) is 4.96 Å². The third-order valence-electron chi connectivity index (χ3n) is 3.05. The van der Waals surface area contributed by atoms with Gasteiger partial charge in [-0.25, -0.2) is 4.98 Å². The van der Waals surface area contributed by atoms with Crippen molar-refractivity contribution in [2.45, 2.75) is 12.6 Å². The lowest BCUT2D eigenvalue weighted by Crippen LogP contribution is -2.18. The Bertz CT molecular complexity index is 843. The first-order valence-electron chi connectivity index (χ1n) is 6.40. The molecule has 0 atom stereocenters. The van der Waals surface area contributed by atoms with Crippen LogP contribution in [-0.4, -0.2) is 15.3 Å². The number of nitrogens with one attached hydrogen (secondary N) is 1. The summed E-state index contributed by atoms with van der Waals surface area (Å²) in [6, 6.07) is 3.21. The quantitative estimate of drug-likeness (QED) is 0.760. The van der Waals surface area contributed by atoms with Gasteiger partial charge in [-0.15, -0.1) is 11.3 Å². The molecule has 9 heteroatoms. The number of aromatic nitrogens is 2. The predicted octanol–water partition coefficient (Wildman–Crippen LogP) is 4.25. The van der Waals surface area contributed by atoms with Crippen molar-refractivity contribution in [2.75, 3.05) is 5.32 Å². The summed E-state index contributed by atoms with van der Waals surface area (Å²) >= 11 is 7.00. The van der Waals surface area contributed by atoms with Crippen LogP contribution in [0.5, 0.6) is 0 Å². The van der Waals surface area contributed by atoms with Gasteiger partial charge in [0.25, 0.3) is 0 Å². The number of carbonyl (C=O) groups excluding carboxylic acids is 1. The van der Waals surface area contributed by atoms with Crippen molar-refractivity contribution >= 4 is 39.5 Å². The average molecular weight is 360 g/mol. The Morgan fingerprint density at radius 1 is 1.39 bits per heavy atom. The zero-order valence-electron chi connectivity index (χ0n) is 11.4. The Kier molecular flexibility index (Phi) is 4.03. The van der Waals surface area contributed by atoms with E-state index in [4.69, 9.17) is 11.6 Å². The van der Waals surface area contributed by atoms with E-state index in [2.05, 4.69) is 10.3 Å². The van der Waals surface area contributed by atoms with E-state index in [1.807, 2.05) is 5.38 Å². The molecule has 1 amide bonds. The number of benzene rings is 1. The van der Waals surface area contributed by atoms with Crippen molar-refractivity contribution in [1.29, 1.82) is 0 Å². The van der Waals surface area contributed by atoms with E-state index in [0.29, 0.717) is 5.69 Å². The third-order valence-corrected chi connectivity index (χ3v) is 4.05. The summed E-state index contributed by atoms with van der Waals surface area (Å²) in [4.78, 5) is 16.9. The van der Waals surface area contributed by atoms with Crippen molar-refractivity contribution in [2.24, 2.45) is 0 Å². The van der Waals surface area contributed by atoms with Crippen LogP contribution in [0.4, 0.5) is 18.9 Å². The number of rotatable bonds is 3. The van der Waals surface area contributed by atoms with E-state index in [9.17, 15) is 18.0 Å². The molecule has 2 aromatic heterocycles. The highest BCUT2D eigenvalue weighted by molar-refractivity contribution is 7.15. The smallest absolute Gasteiger partial charge is 0.325 e. The van der Waals surface area contributed by atoms with Gasteiger partial charge in [-0.1, -0.05) is 11.6 Å². The van der Waals surface area contributed by atoms with Gasteiger partial charge in [0.15, 0.2) is 4.96 Å². The number of nitrogens with zero attached hydrogens (tertiary/aromatic N) is 2. The van der Waals surface area contributed by atoms with Crippen molar-refractivity contribution in [3.8, 4) is 0 Å². The highest BCUT2D eigenvalue weighted by atomic mass is 35.5. The van der Waals surface area contributed by atoms with Crippen molar-refractivity contribution in [3.63, 3.8) is 0 Å². The second kappa shape index (κ2) is 5.86. The van der Waals surface area contributed by atoms with Gasteiger partial charge in [0, 0.05) is 22.8 Å². The standard InChI is InChI=1S/C14H9ClF3N3OS/c15-8-1-2-11(10(5-8)14(16,17)18)20-12(22)6-9-7-21-3-4-23-13(21)19-9/h1-5,7H,6H2,(H,20,22). The van der Waals surface area contributed by atoms with Crippen LogP contribution in [0.2, 0.25) is 5.02 Å². The molecule has 120 valence electrons. The minimum absolute atomic E-state index is 0.0512. The molecule has 0 unspecified atom stereocenters. The van der Waals surface area contributed by atoms with Gasteiger partial charge in [0.05, 0.1) is 23.4 Å². The zero-order chi connectivity index (χ0) is 16.6. The van der Waals surface area contributed by atoms with Crippen LogP contribution in [0.3, 0.4) is 0 Å². The summed E-state index contributed by atoms with van der Waals surface area (Å²) in [5.74, 6) is -0.580. The lowest BCUT2D eigenvalue weighted by atomic mass is 10.1. The fourth-order valence-electron chi connectivity index (χ4n) is 2.08. The molecule has 3 aromatic rings. The van der Waals surface area contributed by atoms with Crippen LogP contribution in [0.1, 0.15) is 11.3 Å². The number of hydrogen-bond acceptors (Lipinski definition) is 3. The molecule has 4 nitrogen and oxygen atoms in total. The molecule has 0 bridgehead atoms. The normalized spacial score (nSPS) is 11.8. The Hall–Kier alpha value is -2.06. The summed E-state index contributed by atoms with van der Waals surface area (Å²) in [5, 5.41) is 4.06. The first-order valence-corrected chi connectivity index (χ1v) is 7.66. The molecule has 1 N–H and O–H groups in total. The van der Waals surface area contributed by atoms with E-state index < -0.39 is 17.6 Å². The molecule has 0 spiro atoms. The topological polar surface area (TPSA) is 46.4 Å². The number of alkyl halides is 3. The minimum Gasteiger partial charge on any atom is -0.325 e. The van der Waals surface area contributed by atoms with Gasteiger partial charge in [0.2, 0.25) is 5.91 Å². The monoisotopic (exact) mass is 359 g/mol. The van der Waals surface area contributed by atoms with E-state index in [0.717, 1.165) is 17.1 Å². The van der Waals surface area contributed by atoms with Crippen molar-refractivity contribution < 1.29 is 18.0 Å². The lowest BCUT2D eigenvalue weighted by Gasteiger charge is -2.13. The van der Waals surface area contributed by atoms with E-state index >= 15 is 0 Å². The van der Waals surface area contributed by atoms with Gasteiger partial charge in [-0.05, 0) is 18.2 Å². The van der Waals surface area contributed by atoms with Gasteiger partial charge in [0.1, 0.15) is 0 Å². The largest absolute Gasteiger partial charge is 0.418 e. The molecule has 0 fully saturated rings. The Morgan fingerprint density at radius 3 is 2.87 bits per heavy atom. The summed E-state index contributed by atoms with van der Waals surface area (Å²) < 4.78 is 40.7. The first-order chi connectivity index (χ1) is 10.8. The third kappa shape index (κ3) is 3.48. The molecule has 0 aliphatic rings. The number of anilines is 1. The van der Waals surface area contributed by atoms with Crippen LogP contribution < -0.4 is 5.32 Å². The average Bonchev–Trinajstić information content (AvgIpc) is 3.00. The van der Waals surface area contributed by atoms with Gasteiger partial charge in [-0.2, -0.15) is 13.2 Å². The second-order valence-corrected chi connectivity index (χ2v) is 6.05. The van der Waals surface area contributed by atoms with Crippen LogP contribution in [0, 0.1) is 0 Å². The minimum atomic E-state index is -4.61. The highest BCUT2D eigenvalue weighted by Gasteiger charge is 2.34. The summed E-state index contributed by atoms with van der Waals surface area (Å²) in [5.41, 5.74) is -0.825. The van der Waals surface area contributed by atoms with Gasteiger partial charge in [-0.3, -0.25) is 9.20 Å². The van der Waals surface area contributed by atoms with E-state index in [-0.39, 0.29) is 17.1 Å². The summed E-state index contributed by atoms with van der Waals surface area (Å²) in [6.45, 7) is 0. The van der Waals surface area contributed by atoms with Crippen molar-refractivity contribution in [1.82, 2.24) is 9.38 Å². The molecule has 3 rings (SSSR count). The van der Waals surface area contributed by atoms with Crippen LogP contribution in [-0.2, 0) is 17.4 Å². The maximum absolute atomic E-state index is 13.0. The Morgan fingerprint density at radius 2 is 2.17 bits per heavy atom. The molecule has 0 radical (unpaired) electrons. The number of carbonyl (C=O) groups is 1. The first kappa shape index (κ1) is 15.8. The predicted molar refractivity (Wildman–Crippen MR) is 81.9 cm³/mol. The van der Waals surface area contributed by atoms with Gasteiger partial charge < -0.3 is 5.32 Å².